The van der Waals surface area contributed by atoms with E-state index in [9.17, 15) is 9.59 Å². The van der Waals surface area contributed by atoms with Crippen molar-refractivity contribution in [3.8, 4) is 0 Å². The molecule has 6 heteroatoms. The molecule has 26 heavy (non-hydrogen) atoms. The number of esters is 2. The lowest BCUT2D eigenvalue weighted by atomic mass is 9.63. The Kier molecular flexibility index (Phi) is 3.24. The van der Waals surface area contributed by atoms with Crippen LogP contribution in [0.1, 0.15) is 51.2 Å². The van der Waals surface area contributed by atoms with Crippen molar-refractivity contribution < 1.29 is 28.2 Å². The van der Waals surface area contributed by atoms with Gasteiger partial charge in [-0.3, -0.25) is 4.79 Å². The standard InChI is InChI=1S/C20H22O6/c1-19(13-8-14(24-18(13)22)11-6-7-23-10-11)9-16-20(2)12(17(21)25-16)4-3-5-15(20)26-19/h4,6-7,10,13-16H,3,5,8-9H2,1-2H3. The van der Waals surface area contributed by atoms with Gasteiger partial charge in [-0.1, -0.05) is 6.08 Å². The summed E-state index contributed by atoms with van der Waals surface area (Å²) >= 11 is 0. The normalized spacial score (nSPS) is 44.3. The number of furan rings is 1. The van der Waals surface area contributed by atoms with Crippen LogP contribution in [0.15, 0.2) is 34.7 Å². The van der Waals surface area contributed by atoms with E-state index in [0.29, 0.717) is 12.8 Å². The maximum atomic E-state index is 12.6. The van der Waals surface area contributed by atoms with E-state index < -0.39 is 11.0 Å². The summed E-state index contributed by atoms with van der Waals surface area (Å²) in [5.74, 6) is -0.876. The molecule has 0 aromatic carbocycles. The maximum Gasteiger partial charge on any atom is 0.334 e. The second-order valence-corrected chi connectivity index (χ2v) is 8.27. The lowest BCUT2D eigenvalue weighted by molar-refractivity contribution is -0.221. The number of ether oxygens (including phenoxy) is 3. The molecule has 1 aliphatic carbocycles. The van der Waals surface area contributed by atoms with Crippen LogP contribution in [0, 0.1) is 11.3 Å². The van der Waals surface area contributed by atoms with Gasteiger partial charge in [0.2, 0.25) is 0 Å². The average Bonchev–Trinajstić information content (AvgIpc) is 3.29. The molecule has 6 nitrogen and oxygen atoms in total. The van der Waals surface area contributed by atoms with Crippen LogP contribution >= 0.6 is 0 Å². The predicted octanol–water partition coefficient (Wildman–Crippen LogP) is 3.08. The second kappa shape index (κ2) is 5.22. The van der Waals surface area contributed by atoms with Crippen molar-refractivity contribution in [1.29, 1.82) is 0 Å². The second-order valence-electron chi connectivity index (χ2n) is 8.27. The number of carbonyl (C=O) groups is 2. The third-order valence-electron chi connectivity index (χ3n) is 6.81. The van der Waals surface area contributed by atoms with Crippen molar-refractivity contribution in [2.45, 2.75) is 63.4 Å². The zero-order chi connectivity index (χ0) is 18.1. The van der Waals surface area contributed by atoms with E-state index in [1.165, 1.54) is 0 Å². The summed E-state index contributed by atoms with van der Waals surface area (Å²) in [4.78, 5) is 25.0. The predicted molar refractivity (Wildman–Crippen MR) is 88.8 cm³/mol. The summed E-state index contributed by atoms with van der Waals surface area (Å²) in [6.07, 6.45) is 7.15. The molecule has 3 saturated heterocycles. The lowest BCUT2D eigenvalue weighted by Crippen LogP contribution is -2.58. The van der Waals surface area contributed by atoms with Crippen molar-refractivity contribution in [3.63, 3.8) is 0 Å². The summed E-state index contributed by atoms with van der Waals surface area (Å²) in [7, 11) is 0. The van der Waals surface area contributed by atoms with Gasteiger partial charge in [-0.05, 0) is 32.8 Å². The molecule has 1 aromatic heterocycles. The average molecular weight is 358 g/mol. The van der Waals surface area contributed by atoms with E-state index in [0.717, 1.165) is 24.0 Å². The largest absolute Gasteiger partial charge is 0.472 e. The molecule has 6 unspecified atom stereocenters. The fourth-order valence-corrected chi connectivity index (χ4v) is 5.21. The highest BCUT2D eigenvalue weighted by Crippen LogP contribution is 2.57. The van der Waals surface area contributed by atoms with Gasteiger partial charge in [0.25, 0.3) is 0 Å². The molecular weight excluding hydrogens is 336 g/mol. The Morgan fingerprint density at radius 2 is 2.00 bits per heavy atom. The van der Waals surface area contributed by atoms with Crippen molar-refractivity contribution in [3.05, 3.63) is 35.8 Å². The van der Waals surface area contributed by atoms with Crippen LogP contribution in [0.25, 0.3) is 0 Å². The molecule has 3 fully saturated rings. The summed E-state index contributed by atoms with van der Waals surface area (Å²) in [6, 6.07) is 1.82. The van der Waals surface area contributed by atoms with Crippen molar-refractivity contribution in [2.75, 3.05) is 0 Å². The first-order valence-electron chi connectivity index (χ1n) is 9.24. The Balaban J connectivity index is 1.45. The molecule has 0 amide bonds. The van der Waals surface area contributed by atoms with Gasteiger partial charge in [0.15, 0.2) is 0 Å². The molecule has 1 aromatic rings. The van der Waals surface area contributed by atoms with Crippen LogP contribution in [-0.2, 0) is 23.8 Å². The number of hydrogen-bond acceptors (Lipinski definition) is 6. The monoisotopic (exact) mass is 358 g/mol. The molecule has 0 N–H and O–H groups in total. The maximum absolute atomic E-state index is 12.6. The molecule has 5 rings (SSSR count). The Hall–Kier alpha value is -2.08. The van der Waals surface area contributed by atoms with Crippen LogP contribution in [0.4, 0.5) is 0 Å². The quantitative estimate of drug-likeness (QED) is 0.757. The van der Waals surface area contributed by atoms with Crippen molar-refractivity contribution >= 4 is 11.9 Å². The summed E-state index contributed by atoms with van der Waals surface area (Å²) in [5, 5.41) is 0. The molecule has 4 aliphatic rings. The fourth-order valence-electron chi connectivity index (χ4n) is 5.21. The molecule has 138 valence electrons. The van der Waals surface area contributed by atoms with E-state index >= 15 is 0 Å². The van der Waals surface area contributed by atoms with E-state index in [-0.39, 0.29) is 36.2 Å². The molecule has 0 saturated carbocycles. The Labute approximate surface area is 151 Å². The fraction of sp³-hybridized carbons (Fsp3) is 0.600. The third kappa shape index (κ3) is 2.02. The number of allylic oxidation sites excluding steroid dienone is 1. The van der Waals surface area contributed by atoms with E-state index in [1.807, 2.05) is 19.1 Å². The molecule has 0 bridgehead atoms. The number of rotatable bonds is 2. The molecule has 6 atom stereocenters. The third-order valence-corrected chi connectivity index (χ3v) is 6.81. The van der Waals surface area contributed by atoms with Gasteiger partial charge in [0.1, 0.15) is 12.2 Å². The van der Waals surface area contributed by atoms with E-state index in [4.69, 9.17) is 18.6 Å². The Bertz CT molecular complexity index is 795. The minimum atomic E-state index is -0.711. The van der Waals surface area contributed by atoms with Crippen LogP contribution in [0.5, 0.6) is 0 Å². The SMILES string of the molecule is CC1(C2CC(c3ccoc3)OC2=O)CC2OC(=O)C3=CCCC(O1)C32C. The van der Waals surface area contributed by atoms with Gasteiger partial charge in [0, 0.05) is 24.0 Å². The van der Waals surface area contributed by atoms with Gasteiger partial charge in [-0.25, -0.2) is 4.79 Å². The smallest absolute Gasteiger partial charge is 0.334 e. The van der Waals surface area contributed by atoms with Gasteiger partial charge in [-0.2, -0.15) is 0 Å². The molecule has 0 radical (unpaired) electrons. The number of carbonyl (C=O) groups excluding carboxylic acids is 2. The van der Waals surface area contributed by atoms with Gasteiger partial charge >= 0.3 is 11.9 Å². The molecule has 4 heterocycles. The Morgan fingerprint density at radius 3 is 2.77 bits per heavy atom. The van der Waals surface area contributed by atoms with Gasteiger partial charge in [0.05, 0.1) is 35.6 Å². The molecule has 3 aliphatic heterocycles. The highest BCUT2D eigenvalue weighted by atomic mass is 16.6. The van der Waals surface area contributed by atoms with Gasteiger partial charge in [-0.15, -0.1) is 0 Å². The van der Waals surface area contributed by atoms with Crippen LogP contribution in [0.3, 0.4) is 0 Å². The lowest BCUT2D eigenvalue weighted by Gasteiger charge is -2.51. The van der Waals surface area contributed by atoms with E-state index in [2.05, 4.69) is 6.92 Å². The number of cyclic esters (lactones) is 1. The first kappa shape index (κ1) is 16.1. The summed E-state index contributed by atoms with van der Waals surface area (Å²) < 4.78 is 23.0. The first-order chi connectivity index (χ1) is 12.4. The van der Waals surface area contributed by atoms with Gasteiger partial charge < -0.3 is 18.6 Å². The zero-order valence-electron chi connectivity index (χ0n) is 14.9. The summed E-state index contributed by atoms with van der Waals surface area (Å²) in [5.41, 5.74) is 0.477. The minimum absolute atomic E-state index is 0.126. The highest BCUT2D eigenvalue weighted by molar-refractivity contribution is 5.93. The van der Waals surface area contributed by atoms with Crippen molar-refractivity contribution in [1.82, 2.24) is 0 Å². The minimum Gasteiger partial charge on any atom is -0.472 e. The van der Waals surface area contributed by atoms with Crippen LogP contribution < -0.4 is 0 Å². The Morgan fingerprint density at radius 1 is 1.15 bits per heavy atom. The highest BCUT2D eigenvalue weighted by Gasteiger charge is 2.64. The topological polar surface area (TPSA) is 75.0 Å². The molecule has 0 spiro atoms. The first-order valence-corrected chi connectivity index (χ1v) is 9.24. The summed E-state index contributed by atoms with van der Waals surface area (Å²) in [6.45, 7) is 4.01. The van der Waals surface area contributed by atoms with Crippen molar-refractivity contribution in [2.24, 2.45) is 11.3 Å². The zero-order valence-corrected chi connectivity index (χ0v) is 14.9. The van der Waals surface area contributed by atoms with Crippen LogP contribution in [0.2, 0.25) is 0 Å². The number of hydrogen-bond donors (Lipinski definition) is 0. The van der Waals surface area contributed by atoms with E-state index in [1.54, 1.807) is 12.5 Å². The van der Waals surface area contributed by atoms with Crippen LogP contribution in [-0.4, -0.2) is 29.7 Å². The molecular formula is C20H22O6.